The van der Waals surface area contributed by atoms with E-state index in [4.69, 9.17) is 23.7 Å². The van der Waals surface area contributed by atoms with Crippen LogP contribution < -0.4 is 10.6 Å². The number of hydrogen-bond donors (Lipinski definition) is 13. The van der Waals surface area contributed by atoms with Gasteiger partial charge < -0.3 is 90.5 Å². The monoisotopic (exact) mass is 718 g/mol. The number of benzene rings is 1. The predicted molar refractivity (Wildman–Crippen MR) is 169 cm³/mol. The molecule has 0 spiro atoms. The molecule has 19 atom stereocenters. The highest BCUT2D eigenvalue weighted by atomic mass is 16.7. The molecule has 4 aliphatic rings. The second kappa shape index (κ2) is 16.8. The number of ether oxygens (including phenoxy) is 5. The van der Waals surface area contributed by atoms with Crippen LogP contribution in [0.2, 0.25) is 0 Å². The second-order valence-corrected chi connectivity index (χ2v) is 13.1. The lowest BCUT2D eigenvalue weighted by molar-refractivity contribution is -0.367. The molecule has 5 rings (SSSR count). The van der Waals surface area contributed by atoms with E-state index in [1.165, 1.54) is 6.92 Å². The lowest BCUT2D eigenvalue weighted by atomic mass is 9.85. The van der Waals surface area contributed by atoms with Crippen LogP contribution in [0.15, 0.2) is 42.0 Å². The Bertz CT molecular complexity index is 1250. The summed E-state index contributed by atoms with van der Waals surface area (Å²) in [4.78, 5) is 0. The van der Waals surface area contributed by atoms with Gasteiger partial charge in [-0.1, -0.05) is 31.2 Å². The first-order valence-electron chi connectivity index (χ1n) is 16.7. The lowest BCUT2D eigenvalue weighted by Gasteiger charge is -2.49. The molecular formula is C32H50N2O16. The van der Waals surface area contributed by atoms with Gasteiger partial charge in [0, 0.05) is 5.69 Å². The number of nitrogens with one attached hydrogen (secondary N) is 2. The van der Waals surface area contributed by atoms with Gasteiger partial charge in [0.05, 0.1) is 31.4 Å². The van der Waals surface area contributed by atoms with Crippen molar-refractivity contribution in [3.05, 3.63) is 42.0 Å². The summed E-state index contributed by atoms with van der Waals surface area (Å²) < 4.78 is 28.8. The molecule has 3 heterocycles. The minimum Gasteiger partial charge on any atom is -0.394 e. The summed E-state index contributed by atoms with van der Waals surface area (Å²) in [5.41, 5.74) is 1.04. The molecule has 3 aliphatic heterocycles. The Morgan fingerprint density at radius 3 is 1.82 bits per heavy atom. The van der Waals surface area contributed by atoms with E-state index in [0.29, 0.717) is 17.7 Å². The molecule has 0 radical (unpaired) electrons. The number of anilines is 1. The second-order valence-electron chi connectivity index (χ2n) is 13.1. The average Bonchev–Trinajstić information content (AvgIpc) is 3.11. The van der Waals surface area contributed by atoms with Crippen LogP contribution in [0.25, 0.3) is 0 Å². The van der Waals surface area contributed by atoms with Crippen molar-refractivity contribution in [1.82, 2.24) is 5.32 Å². The number of aliphatic hydroxyl groups excluding tert-OH is 11. The molecule has 18 nitrogen and oxygen atoms in total. The van der Waals surface area contributed by atoms with Crippen molar-refractivity contribution in [2.75, 3.05) is 18.5 Å². The quantitative estimate of drug-likeness (QED) is 0.0953. The first kappa shape index (κ1) is 39.3. The Balaban J connectivity index is 1.22. The summed E-state index contributed by atoms with van der Waals surface area (Å²) in [6.45, 7) is 1.83. The van der Waals surface area contributed by atoms with Crippen LogP contribution in [0.5, 0.6) is 0 Å². The van der Waals surface area contributed by atoms with E-state index in [-0.39, 0.29) is 0 Å². The fourth-order valence-electron chi connectivity index (χ4n) is 6.83. The highest BCUT2D eigenvalue weighted by Gasteiger charge is 2.53. The molecule has 0 amide bonds. The molecule has 3 saturated heterocycles. The molecule has 1 aliphatic carbocycles. The standard InChI is InChI=1S/C32H50N2O16/c1-3-13-9-15(20(38)22(40)19(13)37)34-18-12(2)46-31(26(44)21(18)39)49-29-17(11-36)48-32(27(45)24(29)42)50-28-16(10-35)47-30(25(43)23(28)41)33-14-7-5-4-6-8-14/h4-9,12,15-45H,3,10-11H2,1-2H3. The Labute approximate surface area is 288 Å². The predicted octanol–water partition coefficient (Wildman–Crippen LogP) is -5.03. The third kappa shape index (κ3) is 8.02. The van der Waals surface area contributed by atoms with Gasteiger partial charge in [-0.3, -0.25) is 0 Å². The summed E-state index contributed by atoms with van der Waals surface area (Å²) in [7, 11) is 0. The van der Waals surface area contributed by atoms with Gasteiger partial charge in [-0.05, 0) is 31.1 Å². The molecule has 1 aromatic rings. The third-order valence-corrected chi connectivity index (χ3v) is 9.81. The van der Waals surface area contributed by atoms with Gasteiger partial charge in [0.15, 0.2) is 18.8 Å². The van der Waals surface area contributed by atoms with Crippen LogP contribution in [0.3, 0.4) is 0 Å². The van der Waals surface area contributed by atoms with Gasteiger partial charge in [0.25, 0.3) is 0 Å². The molecule has 284 valence electrons. The van der Waals surface area contributed by atoms with Crippen molar-refractivity contribution < 1.29 is 79.9 Å². The number of aliphatic hydroxyl groups is 11. The molecule has 0 bridgehead atoms. The van der Waals surface area contributed by atoms with E-state index in [2.05, 4.69) is 10.6 Å². The SMILES string of the molecule is CCC1=CC(NC2C(C)OC(OC3C(CO)OC(OC4C(CO)OC(Nc5ccccc5)C(O)C4O)C(O)C3O)C(O)C2O)C(O)C(O)C1O. The molecular weight excluding hydrogens is 668 g/mol. The van der Waals surface area contributed by atoms with Gasteiger partial charge >= 0.3 is 0 Å². The number of para-hydroxylation sites is 1. The van der Waals surface area contributed by atoms with Crippen molar-refractivity contribution in [2.24, 2.45) is 0 Å². The van der Waals surface area contributed by atoms with Crippen LogP contribution in [0.4, 0.5) is 5.69 Å². The Kier molecular flexibility index (Phi) is 13.2. The topological polar surface area (TPSA) is 293 Å². The van der Waals surface area contributed by atoms with E-state index < -0.39 is 130 Å². The van der Waals surface area contributed by atoms with E-state index in [9.17, 15) is 56.2 Å². The van der Waals surface area contributed by atoms with Gasteiger partial charge in [0.1, 0.15) is 79.4 Å². The average molecular weight is 719 g/mol. The van der Waals surface area contributed by atoms with Crippen molar-refractivity contribution in [1.29, 1.82) is 0 Å². The van der Waals surface area contributed by atoms with Gasteiger partial charge in [0.2, 0.25) is 0 Å². The van der Waals surface area contributed by atoms with Crippen LogP contribution in [-0.4, -0.2) is 186 Å². The fourth-order valence-corrected chi connectivity index (χ4v) is 6.83. The normalized spacial score (nSPS) is 47.1. The minimum atomic E-state index is -1.89. The van der Waals surface area contributed by atoms with Crippen molar-refractivity contribution in [3.63, 3.8) is 0 Å². The first-order chi connectivity index (χ1) is 23.8. The number of hydrogen-bond acceptors (Lipinski definition) is 18. The molecule has 0 saturated carbocycles. The zero-order valence-electron chi connectivity index (χ0n) is 27.5. The van der Waals surface area contributed by atoms with E-state index in [1.807, 2.05) is 0 Å². The molecule has 19 unspecified atom stereocenters. The fraction of sp³-hybridized carbons (Fsp3) is 0.750. The summed E-state index contributed by atoms with van der Waals surface area (Å²) in [6.07, 6.45) is -23.6. The molecule has 1 aromatic carbocycles. The highest BCUT2D eigenvalue weighted by molar-refractivity contribution is 5.43. The first-order valence-corrected chi connectivity index (χ1v) is 16.7. The van der Waals surface area contributed by atoms with Gasteiger partial charge in [-0.25, -0.2) is 0 Å². The van der Waals surface area contributed by atoms with Gasteiger partial charge in [-0.15, -0.1) is 0 Å². The zero-order valence-corrected chi connectivity index (χ0v) is 27.5. The van der Waals surface area contributed by atoms with Crippen molar-refractivity contribution in [2.45, 2.75) is 137 Å². The number of rotatable bonds is 11. The molecule has 0 aromatic heterocycles. The Morgan fingerprint density at radius 1 is 0.660 bits per heavy atom. The smallest absolute Gasteiger partial charge is 0.187 e. The third-order valence-electron chi connectivity index (χ3n) is 9.81. The van der Waals surface area contributed by atoms with Crippen molar-refractivity contribution in [3.8, 4) is 0 Å². The van der Waals surface area contributed by atoms with Crippen molar-refractivity contribution >= 4 is 5.69 Å². The lowest BCUT2D eigenvalue weighted by Crippen LogP contribution is -2.68. The maximum atomic E-state index is 11.1. The van der Waals surface area contributed by atoms with Gasteiger partial charge in [-0.2, -0.15) is 0 Å². The van der Waals surface area contributed by atoms with Crippen LogP contribution >= 0.6 is 0 Å². The molecule has 50 heavy (non-hydrogen) atoms. The van der Waals surface area contributed by atoms with Crippen LogP contribution in [0, 0.1) is 0 Å². The Morgan fingerprint density at radius 2 is 1.22 bits per heavy atom. The van der Waals surface area contributed by atoms with E-state index >= 15 is 0 Å². The maximum absolute atomic E-state index is 11.1. The summed E-state index contributed by atoms with van der Waals surface area (Å²) in [5.74, 6) is 0. The minimum absolute atomic E-state index is 0.391. The highest BCUT2D eigenvalue weighted by Crippen LogP contribution is 2.33. The molecule has 13 N–H and O–H groups in total. The summed E-state index contributed by atoms with van der Waals surface area (Å²) in [5, 5.41) is 123. The zero-order chi connectivity index (χ0) is 36.4. The van der Waals surface area contributed by atoms with Crippen LogP contribution in [0.1, 0.15) is 20.3 Å². The van der Waals surface area contributed by atoms with Crippen LogP contribution in [-0.2, 0) is 23.7 Å². The summed E-state index contributed by atoms with van der Waals surface area (Å²) >= 11 is 0. The summed E-state index contributed by atoms with van der Waals surface area (Å²) in [6, 6.07) is 6.75. The van der Waals surface area contributed by atoms with E-state index in [1.54, 1.807) is 43.3 Å². The molecule has 3 fully saturated rings. The maximum Gasteiger partial charge on any atom is 0.187 e. The van der Waals surface area contributed by atoms with E-state index in [0.717, 1.165) is 0 Å². The Hall–Kier alpha value is -1.92. The largest absolute Gasteiger partial charge is 0.394 e. The molecule has 18 heteroatoms.